The molecular formula is C11H8Cl2N2O2S2. The second-order valence-corrected chi connectivity index (χ2v) is 6.14. The molecule has 0 unspecified atom stereocenters. The van der Waals surface area contributed by atoms with Gasteiger partial charge in [-0.1, -0.05) is 47.2 Å². The summed E-state index contributed by atoms with van der Waals surface area (Å²) >= 11 is 17.9. The third-order valence-electron chi connectivity index (χ3n) is 2.35. The van der Waals surface area contributed by atoms with Crippen LogP contribution in [0.3, 0.4) is 0 Å². The number of nitrogens with one attached hydrogen (secondary N) is 1. The van der Waals surface area contributed by atoms with Crippen molar-refractivity contribution < 1.29 is 9.59 Å². The molecule has 1 aliphatic rings. The first-order valence-electron chi connectivity index (χ1n) is 5.19. The van der Waals surface area contributed by atoms with Crippen LogP contribution in [0.2, 0.25) is 10.0 Å². The third kappa shape index (κ3) is 3.60. The van der Waals surface area contributed by atoms with E-state index < -0.39 is 0 Å². The third-order valence-corrected chi connectivity index (χ3v) is 4.52. The lowest BCUT2D eigenvalue weighted by atomic mass is 10.3. The highest BCUT2D eigenvalue weighted by Crippen LogP contribution is 2.25. The number of anilines is 1. The van der Waals surface area contributed by atoms with Gasteiger partial charge in [-0.15, -0.1) is 0 Å². The van der Waals surface area contributed by atoms with E-state index in [9.17, 15) is 9.59 Å². The van der Waals surface area contributed by atoms with Crippen molar-refractivity contribution >= 4 is 69.0 Å². The Morgan fingerprint density at radius 2 is 2.16 bits per heavy atom. The van der Waals surface area contributed by atoms with E-state index in [2.05, 4.69) is 5.32 Å². The SMILES string of the molecule is O=C(CN1C(=O)CSC1=S)Nc1ccc(Cl)c(Cl)c1. The maximum Gasteiger partial charge on any atom is 0.244 e. The standard InChI is InChI=1S/C11H8Cl2N2O2S2/c12-7-2-1-6(3-8(7)13)14-9(16)4-15-10(17)5-19-11(15)18/h1-3H,4-5H2,(H,14,16). The van der Waals surface area contributed by atoms with Crippen LogP contribution >= 0.6 is 47.2 Å². The molecule has 1 saturated heterocycles. The summed E-state index contributed by atoms with van der Waals surface area (Å²) in [5.74, 6) is -0.199. The normalized spacial score (nSPS) is 14.9. The molecule has 1 heterocycles. The van der Waals surface area contributed by atoms with Gasteiger partial charge in [0.25, 0.3) is 0 Å². The van der Waals surface area contributed by atoms with Crippen LogP contribution in [0.25, 0.3) is 0 Å². The quantitative estimate of drug-likeness (QED) is 0.863. The monoisotopic (exact) mass is 334 g/mol. The van der Waals surface area contributed by atoms with Crippen molar-refractivity contribution in [2.24, 2.45) is 0 Å². The molecule has 0 radical (unpaired) electrons. The zero-order valence-electron chi connectivity index (χ0n) is 9.48. The highest BCUT2D eigenvalue weighted by Gasteiger charge is 2.28. The molecule has 0 aliphatic carbocycles. The lowest BCUT2D eigenvalue weighted by Crippen LogP contribution is -2.36. The molecule has 100 valence electrons. The Morgan fingerprint density at radius 1 is 1.42 bits per heavy atom. The number of thioether (sulfide) groups is 1. The number of carbonyl (C=O) groups excluding carboxylic acids is 2. The lowest BCUT2D eigenvalue weighted by Gasteiger charge is -2.14. The molecule has 0 spiro atoms. The van der Waals surface area contributed by atoms with E-state index in [1.165, 1.54) is 16.7 Å². The van der Waals surface area contributed by atoms with E-state index in [1.807, 2.05) is 0 Å². The van der Waals surface area contributed by atoms with Gasteiger partial charge in [0, 0.05) is 5.69 Å². The summed E-state index contributed by atoms with van der Waals surface area (Å²) in [7, 11) is 0. The van der Waals surface area contributed by atoms with Crippen molar-refractivity contribution in [2.45, 2.75) is 0 Å². The number of halogens is 2. The van der Waals surface area contributed by atoms with Crippen LogP contribution in [0, 0.1) is 0 Å². The van der Waals surface area contributed by atoms with Crippen LogP contribution < -0.4 is 5.32 Å². The molecule has 8 heteroatoms. The molecule has 19 heavy (non-hydrogen) atoms. The minimum Gasteiger partial charge on any atom is -0.324 e. The number of benzene rings is 1. The minimum absolute atomic E-state index is 0.0923. The van der Waals surface area contributed by atoms with Crippen LogP contribution in [0.4, 0.5) is 5.69 Å². The maximum absolute atomic E-state index is 11.8. The minimum atomic E-state index is -0.336. The van der Waals surface area contributed by atoms with Gasteiger partial charge in [0.1, 0.15) is 10.9 Å². The Hall–Kier alpha value is -0.820. The largest absolute Gasteiger partial charge is 0.324 e. The number of thiocarbonyl (C=S) groups is 1. The molecule has 1 fully saturated rings. The van der Waals surface area contributed by atoms with Gasteiger partial charge in [-0.05, 0) is 18.2 Å². The van der Waals surface area contributed by atoms with E-state index in [0.717, 1.165) is 0 Å². The Labute approximate surface area is 129 Å². The van der Waals surface area contributed by atoms with Gasteiger partial charge < -0.3 is 5.32 Å². The van der Waals surface area contributed by atoms with Gasteiger partial charge in [-0.3, -0.25) is 14.5 Å². The van der Waals surface area contributed by atoms with Crippen LogP contribution in [0.5, 0.6) is 0 Å². The number of hydrogen-bond donors (Lipinski definition) is 1. The summed E-state index contributed by atoms with van der Waals surface area (Å²) in [5.41, 5.74) is 0.518. The molecule has 2 rings (SSSR count). The zero-order valence-corrected chi connectivity index (χ0v) is 12.6. The number of nitrogens with zero attached hydrogens (tertiary/aromatic N) is 1. The molecule has 2 amide bonds. The van der Waals surface area contributed by atoms with Gasteiger partial charge >= 0.3 is 0 Å². The molecule has 0 aromatic heterocycles. The average Bonchev–Trinajstić information content (AvgIpc) is 2.66. The Bertz CT molecular complexity index is 550. The van der Waals surface area contributed by atoms with Gasteiger partial charge in [0.2, 0.25) is 11.8 Å². The molecular weight excluding hydrogens is 327 g/mol. The number of carbonyl (C=O) groups is 2. The van der Waals surface area contributed by atoms with Gasteiger partial charge in [-0.25, -0.2) is 0 Å². The van der Waals surface area contributed by atoms with E-state index >= 15 is 0 Å². The second kappa shape index (κ2) is 6.09. The first-order valence-corrected chi connectivity index (χ1v) is 7.34. The number of amides is 2. The number of rotatable bonds is 3. The number of hydrogen-bond acceptors (Lipinski definition) is 4. The highest BCUT2D eigenvalue weighted by atomic mass is 35.5. The van der Waals surface area contributed by atoms with E-state index in [-0.39, 0.29) is 18.4 Å². The van der Waals surface area contributed by atoms with Gasteiger partial charge in [0.05, 0.1) is 15.8 Å². The highest BCUT2D eigenvalue weighted by molar-refractivity contribution is 8.23. The molecule has 4 nitrogen and oxygen atoms in total. The molecule has 1 aromatic rings. The smallest absolute Gasteiger partial charge is 0.244 e. The lowest BCUT2D eigenvalue weighted by molar-refractivity contribution is -0.127. The Balaban J connectivity index is 1.99. The first-order chi connectivity index (χ1) is 8.97. The average molecular weight is 335 g/mol. The van der Waals surface area contributed by atoms with Crippen molar-refractivity contribution in [1.82, 2.24) is 4.90 Å². The molecule has 0 atom stereocenters. The molecule has 1 aliphatic heterocycles. The zero-order chi connectivity index (χ0) is 14.0. The summed E-state index contributed by atoms with van der Waals surface area (Å²) < 4.78 is 0.425. The van der Waals surface area contributed by atoms with Crippen molar-refractivity contribution in [3.05, 3.63) is 28.2 Å². The fourth-order valence-electron chi connectivity index (χ4n) is 1.45. The Morgan fingerprint density at radius 3 is 2.74 bits per heavy atom. The van der Waals surface area contributed by atoms with Crippen molar-refractivity contribution in [2.75, 3.05) is 17.6 Å². The predicted molar refractivity (Wildman–Crippen MR) is 81.9 cm³/mol. The van der Waals surface area contributed by atoms with Gasteiger partial charge in [-0.2, -0.15) is 0 Å². The second-order valence-electron chi connectivity index (χ2n) is 3.71. The fraction of sp³-hybridized carbons (Fsp3) is 0.182. The fourth-order valence-corrected chi connectivity index (χ4v) is 2.82. The molecule has 0 saturated carbocycles. The topological polar surface area (TPSA) is 49.4 Å². The Kier molecular flexibility index (Phi) is 4.67. The van der Waals surface area contributed by atoms with Crippen molar-refractivity contribution in [3.63, 3.8) is 0 Å². The molecule has 1 N–H and O–H groups in total. The van der Waals surface area contributed by atoms with Crippen molar-refractivity contribution in [3.8, 4) is 0 Å². The van der Waals surface area contributed by atoms with Crippen molar-refractivity contribution in [1.29, 1.82) is 0 Å². The predicted octanol–water partition coefficient (Wildman–Crippen LogP) is 2.79. The summed E-state index contributed by atoms with van der Waals surface area (Å²) in [6.07, 6.45) is 0. The van der Waals surface area contributed by atoms with Gasteiger partial charge in [0.15, 0.2) is 0 Å². The molecule has 1 aromatic carbocycles. The van der Waals surface area contributed by atoms with E-state index in [0.29, 0.717) is 25.8 Å². The van der Waals surface area contributed by atoms with E-state index in [4.69, 9.17) is 35.4 Å². The summed E-state index contributed by atoms with van der Waals surface area (Å²) in [5, 5.41) is 3.39. The summed E-state index contributed by atoms with van der Waals surface area (Å²) in [6, 6.07) is 4.76. The molecule has 0 bridgehead atoms. The van der Waals surface area contributed by atoms with Crippen LogP contribution in [-0.2, 0) is 9.59 Å². The summed E-state index contributed by atoms with van der Waals surface area (Å²) in [4.78, 5) is 24.6. The van der Waals surface area contributed by atoms with Crippen LogP contribution in [0.15, 0.2) is 18.2 Å². The van der Waals surface area contributed by atoms with Crippen LogP contribution in [0.1, 0.15) is 0 Å². The maximum atomic E-state index is 11.8. The van der Waals surface area contributed by atoms with E-state index in [1.54, 1.807) is 18.2 Å². The first kappa shape index (κ1) is 14.6. The summed E-state index contributed by atoms with van der Waals surface area (Å²) in [6.45, 7) is -0.0923. The van der Waals surface area contributed by atoms with Crippen LogP contribution in [-0.4, -0.2) is 33.3 Å².